The maximum absolute atomic E-state index is 12.6. The summed E-state index contributed by atoms with van der Waals surface area (Å²) in [5, 5.41) is 2.80. The molecule has 0 unspecified atom stereocenters. The molecule has 0 saturated heterocycles. The lowest BCUT2D eigenvalue weighted by Crippen LogP contribution is -2.32. The van der Waals surface area contributed by atoms with Crippen LogP contribution in [0.15, 0.2) is 48.8 Å². The zero-order valence-corrected chi connectivity index (χ0v) is 14.2. The van der Waals surface area contributed by atoms with Crippen molar-refractivity contribution in [2.24, 2.45) is 0 Å². The van der Waals surface area contributed by atoms with Crippen LogP contribution in [0.1, 0.15) is 47.4 Å². The second-order valence-corrected chi connectivity index (χ2v) is 5.57. The molecule has 0 radical (unpaired) electrons. The maximum atomic E-state index is 12.6. The molecular formula is C19H23N3O2. The number of para-hydroxylation sites is 1. The predicted molar refractivity (Wildman–Crippen MR) is 95.1 cm³/mol. The summed E-state index contributed by atoms with van der Waals surface area (Å²) in [5.74, 6) is -0.360. The molecular weight excluding hydrogens is 302 g/mol. The molecule has 1 N–H and O–H groups in total. The van der Waals surface area contributed by atoms with Crippen LogP contribution in [0.3, 0.4) is 0 Å². The van der Waals surface area contributed by atoms with Crippen LogP contribution >= 0.6 is 0 Å². The van der Waals surface area contributed by atoms with Crippen LogP contribution in [0.2, 0.25) is 0 Å². The van der Waals surface area contributed by atoms with E-state index in [-0.39, 0.29) is 11.8 Å². The first-order valence-corrected chi connectivity index (χ1v) is 8.26. The minimum absolute atomic E-state index is 0.0828. The van der Waals surface area contributed by atoms with Gasteiger partial charge in [0.05, 0.1) is 11.1 Å². The molecule has 1 aromatic carbocycles. The molecule has 2 amide bonds. The van der Waals surface area contributed by atoms with Crippen molar-refractivity contribution in [3.8, 4) is 0 Å². The van der Waals surface area contributed by atoms with Crippen LogP contribution in [-0.4, -0.2) is 34.8 Å². The van der Waals surface area contributed by atoms with Gasteiger partial charge in [0.15, 0.2) is 0 Å². The standard InChI is InChI=1S/C19H23N3O2/c1-3-10-22(11-4-2)19(24)16-12-15(13-20-14-16)18(23)21-17-8-6-5-7-9-17/h5-9,12-14H,3-4,10-11H2,1-2H3,(H,21,23). The minimum atomic E-state index is -0.277. The third-order valence-corrected chi connectivity index (χ3v) is 3.55. The van der Waals surface area contributed by atoms with Crippen molar-refractivity contribution in [2.45, 2.75) is 26.7 Å². The molecule has 2 rings (SSSR count). The Bertz CT molecular complexity index is 680. The quantitative estimate of drug-likeness (QED) is 0.846. The Hall–Kier alpha value is -2.69. The number of nitrogens with zero attached hydrogens (tertiary/aromatic N) is 2. The molecule has 0 aliphatic rings. The summed E-state index contributed by atoms with van der Waals surface area (Å²) in [7, 11) is 0. The van der Waals surface area contributed by atoms with E-state index in [0.29, 0.717) is 29.9 Å². The van der Waals surface area contributed by atoms with E-state index in [2.05, 4.69) is 10.3 Å². The molecule has 0 aliphatic carbocycles. The van der Waals surface area contributed by atoms with Crippen LogP contribution < -0.4 is 5.32 Å². The fourth-order valence-corrected chi connectivity index (χ4v) is 2.44. The fourth-order valence-electron chi connectivity index (χ4n) is 2.44. The maximum Gasteiger partial charge on any atom is 0.257 e. The Labute approximate surface area is 142 Å². The molecule has 0 fully saturated rings. The first kappa shape index (κ1) is 17.7. The lowest BCUT2D eigenvalue weighted by molar-refractivity contribution is 0.0755. The molecule has 0 bridgehead atoms. The molecule has 5 nitrogen and oxygen atoms in total. The van der Waals surface area contributed by atoms with E-state index in [4.69, 9.17) is 0 Å². The summed E-state index contributed by atoms with van der Waals surface area (Å²) in [6.45, 7) is 5.48. The molecule has 0 spiro atoms. The lowest BCUT2D eigenvalue weighted by Gasteiger charge is -2.21. The highest BCUT2D eigenvalue weighted by molar-refractivity contribution is 6.05. The molecule has 0 aliphatic heterocycles. The Morgan fingerprint density at radius 1 is 1.00 bits per heavy atom. The summed E-state index contributed by atoms with van der Waals surface area (Å²) in [4.78, 5) is 30.8. The summed E-state index contributed by atoms with van der Waals surface area (Å²) in [6, 6.07) is 10.8. The number of carbonyl (C=O) groups excluding carboxylic acids is 2. The highest BCUT2D eigenvalue weighted by Gasteiger charge is 2.16. The lowest BCUT2D eigenvalue weighted by atomic mass is 10.1. The molecule has 1 aromatic heterocycles. The number of hydrogen-bond acceptors (Lipinski definition) is 3. The van der Waals surface area contributed by atoms with Gasteiger partial charge in [0.1, 0.15) is 0 Å². The Kier molecular flexibility index (Phi) is 6.49. The van der Waals surface area contributed by atoms with E-state index in [1.54, 1.807) is 11.0 Å². The van der Waals surface area contributed by atoms with Crippen molar-refractivity contribution >= 4 is 17.5 Å². The third-order valence-electron chi connectivity index (χ3n) is 3.55. The van der Waals surface area contributed by atoms with Gasteiger partial charge in [0.25, 0.3) is 11.8 Å². The summed E-state index contributed by atoms with van der Waals surface area (Å²) in [5.41, 5.74) is 1.52. The second-order valence-electron chi connectivity index (χ2n) is 5.57. The van der Waals surface area contributed by atoms with Crippen LogP contribution in [0.5, 0.6) is 0 Å². The molecule has 2 aromatic rings. The van der Waals surface area contributed by atoms with Crippen molar-refractivity contribution in [1.29, 1.82) is 0 Å². The SMILES string of the molecule is CCCN(CCC)C(=O)c1cncc(C(=O)Nc2ccccc2)c1. The number of hydrogen-bond donors (Lipinski definition) is 1. The number of amides is 2. The largest absolute Gasteiger partial charge is 0.339 e. The van der Waals surface area contributed by atoms with Crippen LogP contribution in [0.25, 0.3) is 0 Å². The van der Waals surface area contributed by atoms with Crippen LogP contribution in [-0.2, 0) is 0 Å². The van der Waals surface area contributed by atoms with E-state index in [1.165, 1.54) is 12.4 Å². The van der Waals surface area contributed by atoms with Gasteiger partial charge in [-0.3, -0.25) is 14.6 Å². The van der Waals surface area contributed by atoms with Gasteiger partial charge in [-0.05, 0) is 31.0 Å². The van der Waals surface area contributed by atoms with Crippen molar-refractivity contribution in [2.75, 3.05) is 18.4 Å². The zero-order chi connectivity index (χ0) is 17.4. The smallest absolute Gasteiger partial charge is 0.257 e. The van der Waals surface area contributed by atoms with E-state index >= 15 is 0 Å². The van der Waals surface area contributed by atoms with Crippen molar-refractivity contribution in [3.63, 3.8) is 0 Å². The van der Waals surface area contributed by atoms with Crippen LogP contribution in [0.4, 0.5) is 5.69 Å². The van der Waals surface area contributed by atoms with E-state index in [0.717, 1.165) is 12.8 Å². The molecule has 1 heterocycles. The summed E-state index contributed by atoms with van der Waals surface area (Å²) in [6.07, 6.45) is 4.78. The number of carbonyl (C=O) groups is 2. The van der Waals surface area contributed by atoms with Gasteiger partial charge in [0, 0.05) is 31.2 Å². The van der Waals surface area contributed by atoms with Crippen molar-refractivity contribution in [3.05, 3.63) is 59.9 Å². The van der Waals surface area contributed by atoms with Gasteiger partial charge < -0.3 is 10.2 Å². The second kappa shape index (κ2) is 8.82. The summed E-state index contributed by atoms with van der Waals surface area (Å²) >= 11 is 0. The van der Waals surface area contributed by atoms with Gasteiger partial charge in [0.2, 0.25) is 0 Å². The number of benzene rings is 1. The van der Waals surface area contributed by atoms with Crippen molar-refractivity contribution < 1.29 is 9.59 Å². The van der Waals surface area contributed by atoms with E-state index < -0.39 is 0 Å². The minimum Gasteiger partial charge on any atom is -0.339 e. The van der Waals surface area contributed by atoms with Gasteiger partial charge in [-0.1, -0.05) is 32.0 Å². The highest BCUT2D eigenvalue weighted by atomic mass is 16.2. The number of pyridine rings is 1. The Morgan fingerprint density at radius 3 is 2.25 bits per heavy atom. The Balaban J connectivity index is 2.15. The highest BCUT2D eigenvalue weighted by Crippen LogP contribution is 2.11. The Morgan fingerprint density at radius 2 is 1.62 bits per heavy atom. The number of anilines is 1. The summed E-state index contributed by atoms with van der Waals surface area (Å²) < 4.78 is 0. The van der Waals surface area contributed by atoms with Crippen molar-refractivity contribution in [1.82, 2.24) is 9.88 Å². The van der Waals surface area contributed by atoms with Crippen LogP contribution in [0, 0.1) is 0 Å². The average Bonchev–Trinajstić information content (AvgIpc) is 2.62. The predicted octanol–water partition coefficient (Wildman–Crippen LogP) is 3.60. The molecule has 126 valence electrons. The van der Waals surface area contributed by atoms with E-state index in [1.807, 2.05) is 44.2 Å². The van der Waals surface area contributed by atoms with Gasteiger partial charge in [-0.15, -0.1) is 0 Å². The molecule has 24 heavy (non-hydrogen) atoms. The average molecular weight is 325 g/mol. The van der Waals surface area contributed by atoms with Gasteiger partial charge in [-0.25, -0.2) is 0 Å². The fraction of sp³-hybridized carbons (Fsp3) is 0.316. The number of aromatic nitrogens is 1. The number of nitrogens with one attached hydrogen (secondary N) is 1. The molecule has 0 atom stereocenters. The molecule has 0 saturated carbocycles. The number of rotatable bonds is 7. The normalized spacial score (nSPS) is 10.2. The third kappa shape index (κ3) is 4.65. The van der Waals surface area contributed by atoms with Gasteiger partial charge in [-0.2, -0.15) is 0 Å². The topological polar surface area (TPSA) is 62.3 Å². The van der Waals surface area contributed by atoms with Gasteiger partial charge >= 0.3 is 0 Å². The van der Waals surface area contributed by atoms with E-state index in [9.17, 15) is 9.59 Å². The monoisotopic (exact) mass is 325 g/mol. The molecule has 5 heteroatoms. The first-order chi connectivity index (χ1) is 11.7. The first-order valence-electron chi connectivity index (χ1n) is 8.26. The zero-order valence-electron chi connectivity index (χ0n) is 14.2.